The van der Waals surface area contributed by atoms with Crippen LogP contribution in [0.2, 0.25) is 0 Å². The number of benzene rings is 2. The highest BCUT2D eigenvalue weighted by molar-refractivity contribution is 5.97. The molecule has 0 saturated carbocycles. The monoisotopic (exact) mass is 384 g/mol. The van der Waals surface area contributed by atoms with Crippen molar-refractivity contribution in [3.05, 3.63) is 59.2 Å². The van der Waals surface area contributed by atoms with Crippen molar-refractivity contribution in [2.24, 2.45) is 0 Å². The summed E-state index contributed by atoms with van der Waals surface area (Å²) in [5.74, 6) is 0.500. The van der Waals surface area contributed by atoms with Crippen LogP contribution in [0.25, 0.3) is 0 Å². The molecule has 0 fully saturated rings. The van der Waals surface area contributed by atoms with Gasteiger partial charge in [0.1, 0.15) is 0 Å². The summed E-state index contributed by atoms with van der Waals surface area (Å²) >= 11 is 0. The van der Waals surface area contributed by atoms with Crippen molar-refractivity contribution in [3.63, 3.8) is 0 Å². The first kappa shape index (κ1) is 21.3. The fourth-order valence-corrected chi connectivity index (χ4v) is 2.69. The van der Waals surface area contributed by atoms with Crippen LogP contribution in [-0.2, 0) is 4.79 Å². The molecule has 0 aliphatic carbocycles. The van der Waals surface area contributed by atoms with Gasteiger partial charge in [0.15, 0.2) is 11.5 Å². The zero-order valence-corrected chi connectivity index (χ0v) is 16.9. The molecule has 2 rings (SSSR count). The molecule has 2 N–H and O–H groups in total. The molecule has 0 bridgehead atoms. The number of aryl methyl sites for hydroxylation is 1. The summed E-state index contributed by atoms with van der Waals surface area (Å²) in [7, 11) is 0. The van der Waals surface area contributed by atoms with E-state index in [2.05, 4.69) is 10.6 Å². The lowest BCUT2D eigenvalue weighted by Gasteiger charge is -2.15. The highest BCUT2D eigenvalue weighted by Gasteiger charge is 2.14. The molecule has 1 atom stereocenters. The van der Waals surface area contributed by atoms with Crippen LogP contribution in [0.1, 0.15) is 48.3 Å². The van der Waals surface area contributed by atoms with E-state index in [0.29, 0.717) is 30.3 Å². The highest BCUT2D eigenvalue weighted by atomic mass is 16.5. The highest BCUT2D eigenvalue weighted by Crippen LogP contribution is 2.28. The maximum atomic E-state index is 12.4. The predicted molar refractivity (Wildman–Crippen MR) is 109 cm³/mol. The van der Waals surface area contributed by atoms with E-state index < -0.39 is 0 Å². The summed E-state index contributed by atoms with van der Waals surface area (Å²) in [5, 5.41) is 5.52. The molecule has 0 saturated heterocycles. The normalized spacial score (nSPS) is 11.4. The Morgan fingerprint density at radius 3 is 2.25 bits per heavy atom. The summed E-state index contributed by atoms with van der Waals surface area (Å²) in [6.45, 7) is 8.53. The molecule has 2 aromatic carbocycles. The molecule has 0 heterocycles. The van der Waals surface area contributed by atoms with Gasteiger partial charge < -0.3 is 20.1 Å². The first-order valence-corrected chi connectivity index (χ1v) is 9.48. The Balaban J connectivity index is 1.92. The first-order chi connectivity index (χ1) is 13.4. The van der Waals surface area contributed by atoms with Crippen LogP contribution < -0.4 is 20.1 Å². The maximum absolute atomic E-state index is 12.4. The molecule has 2 amide bonds. The van der Waals surface area contributed by atoms with Crippen molar-refractivity contribution < 1.29 is 19.1 Å². The number of hydrogen-bond donors (Lipinski definition) is 2. The van der Waals surface area contributed by atoms with Crippen LogP contribution in [0.5, 0.6) is 11.5 Å². The third-order valence-corrected chi connectivity index (χ3v) is 4.17. The molecule has 0 aromatic heterocycles. The molecule has 0 radical (unpaired) electrons. The minimum Gasteiger partial charge on any atom is -0.490 e. The Morgan fingerprint density at radius 2 is 1.61 bits per heavy atom. The molecule has 0 spiro atoms. The lowest BCUT2D eigenvalue weighted by molar-refractivity contribution is -0.120. The van der Waals surface area contributed by atoms with Crippen molar-refractivity contribution in [2.45, 2.75) is 33.7 Å². The number of amides is 2. The van der Waals surface area contributed by atoms with Gasteiger partial charge in [0.2, 0.25) is 5.91 Å². The summed E-state index contributed by atoms with van der Waals surface area (Å²) < 4.78 is 11.0. The van der Waals surface area contributed by atoms with Gasteiger partial charge in [-0.3, -0.25) is 9.59 Å². The zero-order chi connectivity index (χ0) is 20.5. The van der Waals surface area contributed by atoms with E-state index in [9.17, 15) is 9.59 Å². The van der Waals surface area contributed by atoms with Gasteiger partial charge >= 0.3 is 0 Å². The fraction of sp³-hybridized carbons (Fsp3) is 0.364. The van der Waals surface area contributed by atoms with Crippen LogP contribution in [0.15, 0.2) is 42.5 Å². The van der Waals surface area contributed by atoms with Crippen molar-refractivity contribution in [1.82, 2.24) is 10.6 Å². The SMILES string of the molecule is CCOc1ccc(C(=O)NCC(=O)NC(C)c2ccc(C)cc2)cc1OCC. The second-order valence-corrected chi connectivity index (χ2v) is 6.41. The first-order valence-electron chi connectivity index (χ1n) is 9.48. The van der Waals surface area contributed by atoms with E-state index in [0.717, 1.165) is 11.1 Å². The summed E-state index contributed by atoms with van der Waals surface area (Å²) in [5.41, 5.74) is 2.58. The fourth-order valence-electron chi connectivity index (χ4n) is 2.69. The van der Waals surface area contributed by atoms with Gasteiger partial charge in [-0.25, -0.2) is 0 Å². The molecule has 2 aromatic rings. The smallest absolute Gasteiger partial charge is 0.251 e. The minimum absolute atomic E-state index is 0.105. The van der Waals surface area contributed by atoms with Gasteiger partial charge in [-0.2, -0.15) is 0 Å². The summed E-state index contributed by atoms with van der Waals surface area (Å²) in [4.78, 5) is 24.5. The zero-order valence-electron chi connectivity index (χ0n) is 16.9. The molecule has 6 heteroatoms. The largest absolute Gasteiger partial charge is 0.490 e. The molecule has 0 aliphatic rings. The van der Waals surface area contributed by atoms with E-state index in [1.165, 1.54) is 0 Å². The molecule has 6 nitrogen and oxygen atoms in total. The van der Waals surface area contributed by atoms with Crippen molar-refractivity contribution in [1.29, 1.82) is 0 Å². The Labute approximate surface area is 166 Å². The molecule has 0 aliphatic heterocycles. The Bertz CT molecular complexity index is 803. The number of ether oxygens (including phenoxy) is 2. The lowest BCUT2D eigenvalue weighted by Crippen LogP contribution is -2.38. The van der Waals surface area contributed by atoms with E-state index >= 15 is 0 Å². The van der Waals surface area contributed by atoms with Gasteiger partial charge in [0.25, 0.3) is 5.91 Å². The average molecular weight is 384 g/mol. The number of hydrogen-bond acceptors (Lipinski definition) is 4. The standard InChI is InChI=1S/C22H28N2O4/c1-5-27-19-12-11-18(13-20(19)28-6-2)22(26)23-14-21(25)24-16(4)17-9-7-15(3)8-10-17/h7-13,16H,5-6,14H2,1-4H3,(H,23,26)(H,24,25). The Morgan fingerprint density at radius 1 is 0.964 bits per heavy atom. The number of carbonyl (C=O) groups excluding carboxylic acids is 2. The van der Waals surface area contributed by atoms with E-state index in [1.807, 2.05) is 52.0 Å². The summed E-state index contributed by atoms with van der Waals surface area (Å²) in [6.07, 6.45) is 0. The van der Waals surface area contributed by atoms with Gasteiger partial charge in [-0.1, -0.05) is 29.8 Å². The third-order valence-electron chi connectivity index (χ3n) is 4.17. The van der Waals surface area contributed by atoms with Crippen molar-refractivity contribution in [3.8, 4) is 11.5 Å². The lowest BCUT2D eigenvalue weighted by atomic mass is 10.1. The van der Waals surface area contributed by atoms with Crippen LogP contribution in [0, 0.1) is 6.92 Å². The maximum Gasteiger partial charge on any atom is 0.251 e. The van der Waals surface area contributed by atoms with Crippen LogP contribution in [0.3, 0.4) is 0 Å². The minimum atomic E-state index is -0.345. The number of nitrogens with one attached hydrogen (secondary N) is 2. The van der Waals surface area contributed by atoms with Gasteiger partial charge in [0.05, 0.1) is 25.8 Å². The quantitative estimate of drug-likeness (QED) is 0.695. The molecule has 1 unspecified atom stereocenters. The van der Waals surface area contributed by atoms with E-state index in [1.54, 1.807) is 18.2 Å². The number of rotatable bonds is 9. The Kier molecular flexibility index (Phi) is 7.87. The van der Waals surface area contributed by atoms with Crippen LogP contribution in [-0.4, -0.2) is 31.6 Å². The van der Waals surface area contributed by atoms with Gasteiger partial charge in [-0.15, -0.1) is 0 Å². The second kappa shape index (κ2) is 10.3. The molecular weight excluding hydrogens is 356 g/mol. The van der Waals surface area contributed by atoms with Crippen LogP contribution in [0.4, 0.5) is 0 Å². The van der Waals surface area contributed by atoms with Gasteiger partial charge in [0, 0.05) is 5.56 Å². The topological polar surface area (TPSA) is 76.7 Å². The molecule has 28 heavy (non-hydrogen) atoms. The average Bonchev–Trinajstić information content (AvgIpc) is 2.68. The van der Waals surface area contributed by atoms with Crippen molar-refractivity contribution in [2.75, 3.05) is 19.8 Å². The predicted octanol–water partition coefficient (Wildman–Crippen LogP) is 3.40. The van der Waals surface area contributed by atoms with Crippen LogP contribution >= 0.6 is 0 Å². The van der Waals surface area contributed by atoms with E-state index in [-0.39, 0.29) is 24.4 Å². The molecular formula is C22H28N2O4. The van der Waals surface area contributed by atoms with Gasteiger partial charge in [-0.05, 0) is 51.5 Å². The van der Waals surface area contributed by atoms with Crippen molar-refractivity contribution >= 4 is 11.8 Å². The molecule has 150 valence electrons. The third kappa shape index (κ3) is 6.01. The number of carbonyl (C=O) groups is 2. The van der Waals surface area contributed by atoms with E-state index in [4.69, 9.17) is 9.47 Å². The second-order valence-electron chi connectivity index (χ2n) is 6.41. The summed E-state index contributed by atoms with van der Waals surface area (Å²) in [6, 6.07) is 12.8. The Hall–Kier alpha value is -3.02.